The number of nitrogens with one attached hydrogen (secondary N) is 1. The quantitative estimate of drug-likeness (QED) is 0.872. The number of aliphatic hydroxyl groups excluding tert-OH is 1. The zero-order valence-electron chi connectivity index (χ0n) is 11.6. The molecule has 2 unspecified atom stereocenters. The van der Waals surface area contributed by atoms with E-state index >= 15 is 0 Å². The third-order valence-electron chi connectivity index (χ3n) is 3.10. The van der Waals surface area contributed by atoms with Crippen LogP contribution in [0.5, 0.6) is 0 Å². The molecule has 0 aliphatic heterocycles. The van der Waals surface area contributed by atoms with Crippen molar-refractivity contribution in [3.63, 3.8) is 0 Å². The summed E-state index contributed by atoms with van der Waals surface area (Å²) in [7, 11) is 1.68. The highest BCUT2D eigenvalue weighted by Crippen LogP contribution is 2.17. The van der Waals surface area contributed by atoms with Gasteiger partial charge in [0.25, 0.3) is 0 Å². The van der Waals surface area contributed by atoms with Gasteiger partial charge in [0.05, 0.1) is 12.6 Å². The molecule has 1 rings (SSSR count). The molecular weight excluding hydrogens is 308 g/mol. The molecule has 2 N–H and O–H groups in total. The molecule has 0 saturated heterocycles. The van der Waals surface area contributed by atoms with Crippen molar-refractivity contribution in [2.75, 3.05) is 13.7 Å². The number of hydrogen-bond acceptors (Lipinski definition) is 2. The Morgan fingerprint density at radius 3 is 2.63 bits per heavy atom. The molecule has 0 heterocycles. The van der Waals surface area contributed by atoms with E-state index in [4.69, 9.17) is 5.11 Å². The maximum absolute atomic E-state index is 11.9. The number of carbonyl (C=O) groups is 1. The number of aliphatic hydroxyl groups is 1. The molecule has 2 atom stereocenters. The van der Waals surface area contributed by atoms with Crippen LogP contribution in [0.15, 0.2) is 28.7 Å². The van der Waals surface area contributed by atoms with E-state index < -0.39 is 0 Å². The third kappa shape index (κ3) is 4.84. The largest absolute Gasteiger partial charge is 0.394 e. The molecule has 0 aliphatic rings. The highest BCUT2D eigenvalue weighted by Gasteiger charge is 2.17. The summed E-state index contributed by atoms with van der Waals surface area (Å²) in [6.07, 6.45) is 0.758. The van der Waals surface area contributed by atoms with Gasteiger partial charge in [-0.3, -0.25) is 0 Å². The molecule has 0 saturated carbocycles. The van der Waals surface area contributed by atoms with E-state index in [0.29, 0.717) is 0 Å². The highest BCUT2D eigenvalue weighted by molar-refractivity contribution is 9.10. The molecule has 0 bridgehead atoms. The lowest BCUT2D eigenvalue weighted by atomic mass is 10.1. The van der Waals surface area contributed by atoms with E-state index in [1.165, 1.54) is 4.90 Å². The number of halogens is 1. The lowest BCUT2D eigenvalue weighted by molar-refractivity contribution is 0.155. The van der Waals surface area contributed by atoms with Gasteiger partial charge < -0.3 is 15.3 Å². The topological polar surface area (TPSA) is 52.6 Å². The van der Waals surface area contributed by atoms with Crippen molar-refractivity contribution in [1.82, 2.24) is 10.2 Å². The fourth-order valence-corrected chi connectivity index (χ4v) is 2.13. The van der Waals surface area contributed by atoms with Crippen LogP contribution in [-0.4, -0.2) is 41.8 Å². The van der Waals surface area contributed by atoms with Crippen LogP contribution in [0, 0.1) is 0 Å². The fraction of sp³-hybridized carbons (Fsp3) is 0.500. The Bertz CT molecular complexity index is 426. The third-order valence-corrected chi connectivity index (χ3v) is 3.87. The maximum atomic E-state index is 11.9. The van der Waals surface area contributed by atoms with Crippen LogP contribution in [0.1, 0.15) is 19.4 Å². The zero-order chi connectivity index (χ0) is 14.4. The number of amides is 2. The molecule has 5 heteroatoms. The SMILES string of the molecule is CC(Cc1ccccc1Br)NC(=O)N(C)C(C)CO. The van der Waals surface area contributed by atoms with Gasteiger partial charge in [-0.05, 0) is 31.9 Å². The van der Waals surface area contributed by atoms with Crippen molar-refractivity contribution in [2.45, 2.75) is 32.4 Å². The molecule has 0 aromatic heterocycles. The summed E-state index contributed by atoms with van der Waals surface area (Å²) in [4.78, 5) is 13.4. The van der Waals surface area contributed by atoms with Gasteiger partial charge in [0.15, 0.2) is 0 Å². The minimum atomic E-state index is -0.185. The van der Waals surface area contributed by atoms with E-state index in [1.54, 1.807) is 14.0 Å². The first-order valence-electron chi connectivity index (χ1n) is 6.33. The minimum Gasteiger partial charge on any atom is -0.394 e. The molecular formula is C14H21BrN2O2. The predicted octanol–water partition coefficient (Wildman–Crippen LogP) is 2.40. The number of urea groups is 1. The summed E-state index contributed by atoms with van der Waals surface area (Å²) in [5, 5.41) is 12.0. The van der Waals surface area contributed by atoms with Gasteiger partial charge in [-0.25, -0.2) is 4.79 Å². The second kappa shape index (κ2) is 7.50. The van der Waals surface area contributed by atoms with Gasteiger partial charge in [0.1, 0.15) is 0 Å². The summed E-state index contributed by atoms with van der Waals surface area (Å²) in [5.74, 6) is 0. The standard InChI is InChI=1S/C14H21BrN2O2/c1-10(8-12-6-4-5-7-13(12)15)16-14(19)17(3)11(2)9-18/h4-7,10-11,18H,8-9H2,1-3H3,(H,16,19). The van der Waals surface area contributed by atoms with E-state index in [9.17, 15) is 4.79 Å². The Morgan fingerprint density at radius 1 is 1.42 bits per heavy atom. The van der Waals surface area contributed by atoms with Crippen molar-refractivity contribution in [3.05, 3.63) is 34.3 Å². The predicted molar refractivity (Wildman–Crippen MR) is 80.2 cm³/mol. The van der Waals surface area contributed by atoms with Gasteiger partial charge >= 0.3 is 6.03 Å². The maximum Gasteiger partial charge on any atom is 0.317 e. The Kier molecular flexibility index (Phi) is 6.31. The van der Waals surface area contributed by atoms with Crippen molar-refractivity contribution in [3.8, 4) is 0 Å². The van der Waals surface area contributed by atoms with Crippen LogP contribution >= 0.6 is 15.9 Å². The average Bonchev–Trinajstić information content (AvgIpc) is 2.39. The van der Waals surface area contributed by atoms with Gasteiger partial charge in [-0.1, -0.05) is 34.1 Å². The van der Waals surface area contributed by atoms with Crippen molar-refractivity contribution >= 4 is 22.0 Å². The van der Waals surface area contributed by atoms with Crippen molar-refractivity contribution < 1.29 is 9.90 Å². The number of hydrogen-bond donors (Lipinski definition) is 2. The number of likely N-dealkylation sites (N-methyl/N-ethyl adjacent to an activating group) is 1. The molecule has 1 aromatic rings. The Labute approximate surface area is 122 Å². The van der Waals surface area contributed by atoms with Crippen LogP contribution < -0.4 is 5.32 Å². The van der Waals surface area contributed by atoms with Crippen molar-refractivity contribution in [2.24, 2.45) is 0 Å². The molecule has 0 spiro atoms. The number of nitrogens with zero attached hydrogens (tertiary/aromatic N) is 1. The number of rotatable bonds is 5. The summed E-state index contributed by atoms with van der Waals surface area (Å²) < 4.78 is 1.05. The zero-order valence-corrected chi connectivity index (χ0v) is 13.1. The molecule has 0 aliphatic carbocycles. The average molecular weight is 329 g/mol. The van der Waals surface area contributed by atoms with E-state index in [2.05, 4.69) is 21.2 Å². The van der Waals surface area contributed by atoms with Crippen LogP contribution in [0.2, 0.25) is 0 Å². The number of benzene rings is 1. The second-order valence-corrected chi connectivity index (χ2v) is 5.64. The summed E-state index contributed by atoms with van der Waals surface area (Å²) in [6, 6.07) is 7.65. The molecule has 1 aromatic carbocycles. The minimum absolute atomic E-state index is 0.0274. The van der Waals surface area contributed by atoms with Crippen LogP contribution in [0.4, 0.5) is 4.79 Å². The Morgan fingerprint density at radius 2 is 2.05 bits per heavy atom. The van der Waals surface area contributed by atoms with Gasteiger partial charge in [-0.2, -0.15) is 0 Å². The lowest BCUT2D eigenvalue weighted by Gasteiger charge is -2.25. The molecule has 4 nitrogen and oxygen atoms in total. The molecule has 19 heavy (non-hydrogen) atoms. The molecule has 2 amide bonds. The van der Waals surface area contributed by atoms with E-state index in [-0.39, 0.29) is 24.7 Å². The van der Waals surface area contributed by atoms with Gasteiger partial charge in [0, 0.05) is 17.6 Å². The highest BCUT2D eigenvalue weighted by atomic mass is 79.9. The van der Waals surface area contributed by atoms with E-state index in [1.807, 2.05) is 31.2 Å². The summed E-state index contributed by atoms with van der Waals surface area (Å²) in [5.41, 5.74) is 1.16. The monoisotopic (exact) mass is 328 g/mol. The van der Waals surface area contributed by atoms with Crippen LogP contribution in [0.25, 0.3) is 0 Å². The first kappa shape index (κ1) is 16.0. The lowest BCUT2D eigenvalue weighted by Crippen LogP contribution is -2.47. The summed E-state index contributed by atoms with van der Waals surface area (Å²) in [6.45, 7) is 3.73. The van der Waals surface area contributed by atoms with Crippen molar-refractivity contribution in [1.29, 1.82) is 0 Å². The Hall–Kier alpha value is -1.07. The van der Waals surface area contributed by atoms with Crippen LogP contribution in [0.3, 0.4) is 0 Å². The first-order valence-corrected chi connectivity index (χ1v) is 7.12. The van der Waals surface area contributed by atoms with Gasteiger partial charge in [0.2, 0.25) is 0 Å². The smallest absolute Gasteiger partial charge is 0.317 e. The Balaban J connectivity index is 2.54. The fourth-order valence-electron chi connectivity index (χ4n) is 1.68. The molecule has 106 valence electrons. The normalized spacial score (nSPS) is 13.7. The summed E-state index contributed by atoms with van der Waals surface area (Å²) >= 11 is 3.50. The van der Waals surface area contributed by atoms with Gasteiger partial charge in [-0.15, -0.1) is 0 Å². The van der Waals surface area contributed by atoms with Crippen LogP contribution in [-0.2, 0) is 6.42 Å². The molecule has 0 fully saturated rings. The second-order valence-electron chi connectivity index (χ2n) is 4.79. The van der Waals surface area contributed by atoms with E-state index in [0.717, 1.165) is 16.5 Å². The first-order chi connectivity index (χ1) is 8.95. The number of carbonyl (C=O) groups excluding carboxylic acids is 1. The molecule has 0 radical (unpaired) electrons.